The average Bonchev–Trinajstić information content (AvgIpc) is 2.56. The lowest BCUT2D eigenvalue weighted by Gasteiger charge is -2.26. The van der Waals surface area contributed by atoms with E-state index in [1.54, 1.807) is 7.05 Å². The summed E-state index contributed by atoms with van der Waals surface area (Å²) < 4.78 is 5.20. The normalized spacial score (nSPS) is 12.0. The van der Waals surface area contributed by atoms with Crippen molar-refractivity contribution in [3.8, 4) is 0 Å². The zero-order valence-electron chi connectivity index (χ0n) is 17.4. The molecule has 7 heteroatoms. The first-order valence-electron chi connectivity index (χ1n) is 9.11. The van der Waals surface area contributed by atoms with Crippen LogP contribution in [0.15, 0.2) is 35.3 Å². The van der Waals surface area contributed by atoms with Gasteiger partial charge in [-0.3, -0.25) is 4.99 Å². The third-order valence-corrected chi connectivity index (χ3v) is 3.79. The Morgan fingerprint density at radius 2 is 1.59 bits per heavy atom. The molecule has 0 unspecified atom stereocenters. The maximum atomic E-state index is 11.6. The summed E-state index contributed by atoms with van der Waals surface area (Å²) in [4.78, 5) is 15.8. The van der Waals surface area contributed by atoms with Gasteiger partial charge in [0, 0.05) is 32.1 Å². The number of guanidine groups is 1. The maximum Gasteiger partial charge on any atom is 0.407 e. The molecule has 154 valence electrons. The number of hydrogen-bond donors (Lipinski definition) is 3. The van der Waals surface area contributed by atoms with Crippen molar-refractivity contribution in [1.82, 2.24) is 16.0 Å². The monoisotopic (exact) mass is 490 g/mol. The zero-order valence-corrected chi connectivity index (χ0v) is 19.7. The van der Waals surface area contributed by atoms with Crippen LogP contribution >= 0.6 is 24.0 Å². The number of benzene rings is 1. The summed E-state index contributed by atoms with van der Waals surface area (Å²) in [6.45, 7) is 12.0. The number of nitrogens with one attached hydrogen (secondary N) is 3. The van der Waals surface area contributed by atoms with Gasteiger partial charge in [0.2, 0.25) is 0 Å². The van der Waals surface area contributed by atoms with Crippen molar-refractivity contribution in [3.05, 3.63) is 35.9 Å². The summed E-state index contributed by atoms with van der Waals surface area (Å²) in [6, 6.07) is 10.4. The van der Waals surface area contributed by atoms with Gasteiger partial charge in [-0.1, -0.05) is 44.2 Å². The molecule has 0 saturated heterocycles. The molecular formula is C20H35IN4O2. The maximum absolute atomic E-state index is 11.6. The number of carbonyl (C=O) groups is 1. The highest BCUT2D eigenvalue weighted by atomic mass is 127. The SMILES string of the molecule is CN=C(NCCCNC(=O)OC(C)(C)C)NCC(C)(C)c1ccccc1.I. The Hall–Kier alpha value is -1.51. The van der Waals surface area contributed by atoms with Crippen LogP contribution in [0.3, 0.4) is 0 Å². The van der Waals surface area contributed by atoms with Crippen LogP contribution < -0.4 is 16.0 Å². The molecule has 1 rings (SSSR count). The van der Waals surface area contributed by atoms with Crippen molar-refractivity contribution in [3.63, 3.8) is 0 Å². The minimum absolute atomic E-state index is 0. The van der Waals surface area contributed by atoms with Gasteiger partial charge in [-0.15, -0.1) is 24.0 Å². The largest absolute Gasteiger partial charge is 0.444 e. The van der Waals surface area contributed by atoms with Gasteiger partial charge < -0.3 is 20.7 Å². The van der Waals surface area contributed by atoms with Gasteiger partial charge in [0.25, 0.3) is 0 Å². The fraction of sp³-hybridized carbons (Fsp3) is 0.600. The van der Waals surface area contributed by atoms with E-state index < -0.39 is 5.60 Å². The minimum atomic E-state index is -0.472. The van der Waals surface area contributed by atoms with Crippen LogP contribution in [0.2, 0.25) is 0 Å². The van der Waals surface area contributed by atoms with Crippen molar-refractivity contribution >= 4 is 36.0 Å². The lowest BCUT2D eigenvalue weighted by atomic mass is 9.85. The number of aliphatic imine (C=N–C) groups is 1. The first-order valence-corrected chi connectivity index (χ1v) is 9.11. The molecule has 0 saturated carbocycles. The molecule has 0 aliphatic rings. The third-order valence-electron chi connectivity index (χ3n) is 3.79. The van der Waals surface area contributed by atoms with Crippen LogP contribution in [-0.4, -0.2) is 44.3 Å². The number of hydrogen-bond acceptors (Lipinski definition) is 3. The fourth-order valence-electron chi connectivity index (χ4n) is 2.32. The highest BCUT2D eigenvalue weighted by Crippen LogP contribution is 2.21. The van der Waals surface area contributed by atoms with Gasteiger partial charge in [0.05, 0.1) is 0 Å². The number of amides is 1. The number of carbonyl (C=O) groups excluding carboxylic acids is 1. The summed E-state index contributed by atoms with van der Waals surface area (Å²) in [5.41, 5.74) is 0.807. The molecule has 3 N–H and O–H groups in total. The second-order valence-electron chi connectivity index (χ2n) is 7.88. The van der Waals surface area contributed by atoms with Crippen LogP contribution in [0.1, 0.15) is 46.6 Å². The predicted molar refractivity (Wildman–Crippen MR) is 123 cm³/mol. The van der Waals surface area contributed by atoms with Crippen molar-refractivity contribution in [2.45, 2.75) is 52.1 Å². The smallest absolute Gasteiger partial charge is 0.407 e. The van der Waals surface area contributed by atoms with Gasteiger partial charge >= 0.3 is 6.09 Å². The second-order valence-corrected chi connectivity index (χ2v) is 7.88. The molecule has 0 aliphatic heterocycles. The standard InChI is InChI=1S/C20H34N4O2.HI/c1-19(2,3)26-18(25)23-14-10-13-22-17(21-6)24-15-20(4,5)16-11-8-7-9-12-16;/h7-9,11-12H,10,13-15H2,1-6H3,(H,23,25)(H2,21,22,24);1H. The number of nitrogens with zero attached hydrogens (tertiary/aromatic N) is 1. The van der Waals surface area contributed by atoms with Crippen molar-refractivity contribution < 1.29 is 9.53 Å². The topological polar surface area (TPSA) is 74.8 Å². The van der Waals surface area contributed by atoms with Gasteiger partial charge in [-0.25, -0.2) is 4.79 Å². The van der Waals surface area contributed by atoms with Gasteiger partial charge in [0.1, 0.15) is 5.60 Å². The van der Waals surface area contributed by atoms with Crippen LogP contribution in [0.5, 0.6) is 0 Å². The Bertz CT molecular complexity index is 583. The van der Waals surface area contributed by atoms with Crippen molar-refractivity contribution in [2.75, 3.05) is 26.7 Å². The van der Waals surface area contributed by atoms with E-state index >= 15 is 0 Å². The predicted octanol–water partition coefficient (Wildman–Crippen LogP) is 3.66. The first-order chi connectivity index (χ1) is 12.1. The summed E-state index contributed by atoms with van der Waals surface area (Å²) in [6.07, 6.45) is 0.395. The van der Waals surface area contributed by atoms with Gasteiger partial charge in [-0.05, 0) is 32.8 Å². The fourth-order valence-corrected chi connectivity index (χ4v) is 2.32. The molecular weight excluding hydrogens is 455 g/mol. The van der Waals surface area contributed by atoms with E-state index in [0.717, 1.165) is 18.9 Å². The summed E-state index contributed by atoms with van der Waals surface area (Å²) in [7, 11) is 1.75. The van der Waals surface area contributed by atoms with E-state index in [-0.39, 0.29) is 35.5 Å². The molecule has 0 spiro atoms. The lowest BCUT2D eigenvalue weighted by molar-refractivity contribution is 0.0527. The molecule has 0 bridgehead atoms. The van der Waals surface area contributed by atoms with E-state index in [0.29, 0.717) is 13.1 Å². The molecule has 6 nitrogen and oxygen atoms in total. The number of alkyl carbamates (subject to hydrolysis) is 1. The molecule has 1 aromatic carbocycles. The molecule has 0 atom stereocenters. The third kappa shape index (κ3) is 11.0. The molecule has 0 radical (unpaired) electrons. The van der Waals surface area contributed by atoms with Crippen LogP contribution in [0.4, 0.5) is 4.79 Å². The molecule has 1 amide bonds. The van der Waals surface area contributed by atoms with Crippen LogP contribution in [0.25, 0.3) is 0 Å². The van der Waals surface area contributed by atoms with Gasteiger partial charge in [-0.2, -0.15) is 0 Å². The van der Waals surface area contributed by atoms with Crippen molar-refractivity contribution in [2.24, 2.45) is 4.99 Å². The lowest BCUT2D eigenvalue weighted by Crippen LogP contribution is -2.44. The Labute approximate surface area is 181 Å². The quantitative estimate of drug-likeness (QED) is 0.236. The number of rotatable bonds is 7. The highest BCUT2D eigenvalue weighted by molar-refractivity contribution is 14.0. The zero-order chi connectivity index (χ0) is 19.6. The van der Waals surface area contributed by atoms with E-state index in [2.05, 4.69) is 59.1 Å². The molecule has 0 fully saturated rings. The first kappa shape index (κ1) is 25.5. The average molecular weight is 490 g/mol. The Morgan fingerprint density at radius 3 is 2.15 bits per heavy atom. The van der Waals surface area contributed by atoms with Crippen molar-refractivity contribution in [1.29, 1.82) is 0 Å². The molecule has 1 aromatic rings. The van der Waals surface area contributed by atoms with Crippen LogP contribution in [-0.2, 0) is 10.2 Å². The molecule has 27 heavy (non-hydrogen) atoms. The van der Waals surface area contributed by atoms with E-state index in [1.165, 1.54) is 5.56 Å². The second kappa shape index (κ2) is 12.0. The van der Waals surface area contributed by atoms with E-state index in [9.17, 15) is 4.79 Å². The Morgan fingerprint density at radius 1 is 1.00 bits per heavy atom. The van der Waals surface area contributed by atoms with Crippen LogP contribution in [0, 0.1) is 0 Å². The van der Waals surface area contributed by atoms with Gasteiger partial charge in [0.15, 0.2) is 5.96 Å². The highest BCUT2D eigenvalue weighted by Gasteiger charge is 2.20. The number of halogens is 1. The van der Waals surface area contributed by atoms with E-state index in [1.807, 2.05) is 26.8 Å². The minimum Gasteiger partial charge on any atom is -0.444 e. The molecule has 0 aliphatic carbocycles. The summed E-state index contributed by atoms with van der Waals surface area (Å²) >= 11 is 0. The molecule has 0 aromatic heterocycles. The summed E-state index contributed by atoms with van der Waals surface area (Å²) in [5.74, 6) is 0.756. The molecule has 0 heterocycles. The Balaban J connectivity index is 0.00000676. The Kier molecular flexibility index (Phi) is 11.4. The van der Waals surface area contributed by atoms with E-state index in [4.69, 9.17) is 4.74 Å². The number of ether oxygens (including phenoxy) is 1. The summed E-state index contributed by atoms with van der Waals surface area (Å²) in [5, 5.41) is 9.38.